The SMILES string of the molecule is CN(C)CC1CCCN1CCC1OCCCO1. The summed E-state index contributed by atoms with van der Waals surface area (Å²) >= 11 is 0. The van der Waals surface area contributed by atoms with E-state index in [4.69, 9.17) is 9.47 Å². The first-order valence-electron chi connectivity index (χ1n) is 6.87. The number of likely N-dealkylation sites (N-methyl/N-ethyl adjacent to an activating group) is 1. The molecule has 2 saturated heterocycles. The number of likely N-dealkylation sites (tertiary alicyclic amines) is 1. The van der Waals surface area contributed by atoms with Crippen LogP contribution in [0.25, 0.3) is 0 Å². The minimum Gasteiger partial charge on any atom is -0.353 e. The lowest BCUT2D eigenvalue weighted by Crippen LogP contribution is -2.39. The molecule has 0 aromatic heterocycles. The van der Waals surface area contributed by atoms with Crippen molar-refractivity contribution < 1.29 is 9.47 Å². The molecule has 0 saturated carbocycles. The summed E-state index contributed by atoms with van der Waals surface area (Å²) in [4.78, 5) is 4.89. The monoisotopic (exact) mass is 242 g/mol. The Morgan fingerprint density at radius 1 is 1.18 bits per heavy atom. The van der Waals surface area contributed by atoms with Crippen molar-refractivity contribution in [3.8, 4) is 0 Å². The fourth-order valence-electron chi connectivity index (χ4n) is 2.79. The van der Waals surface area contributed by atoms with E-state index >= 15 is 0 Å². The van der Waals surface area contributed by atoms with E-state index in [1.807, 2.05) is 0 Å². The van der Waals surface area contributed by atoms with Gasteiger partial charge >= 0.3 is 0 Å². The first-order chi connectivity index (χ1) is 8.25. The zero-order chi connectivity index (χ0) is 12.1. The molecular weight excluding hydrogens is 216 g/mol. The van der Waals surface area contributed by atoms with Gasteiger partial charge in [0.25, 0.3) is 0 Å². The molecule has 0 amide bonds. The van der Waals surface area contributed by atoms with Crippen LogP contribution in [-0.2, 0) is 9.47 Å². The Labute approximate surface area is 105 Å². The minimum atomic E-state index is 0.0457. The van der Waals surface area contributed by atoms with E-state index in [2.05, 4.69) is 23.9 Å². The molecule has 0 bridgehead atoms. The number of hydrogen-bond donors (Lipinski definition) is 0. The van der Waals surface area contributed by atoms with Crippen LogP contribution in [-0.4, -0.2) is 69.1 Å². The van der Waals surface area contributed by atoms with E-state index in [0.29, 0.717) is 0 Å². The van der Waals surface area contributed by atoms with Gasteiger partial charge in [-0.05, 0) is 39.9 Å². The van der Waals surface area contributed by atoms with Crippen molar-refractivity contribution in [3.63, 3.8) is 0 Å². The van der Waals surface area contributed by atoms with Crippen LogP contribution < -0.4 is 0 Å². The van der Waals surface area contributed by atoms with Crippen molar-refractivity contribution in [1.82, 2.24) is 9.80 Å². The van der Waals surface area contributed by atoms with Gasteiger partial charge in [0.2, 0.25) is 0 Å². The molecule has 0 spiro atoms. The van der Waals surface area contributed by atoms with E-state index in [1.165, 1.54) is 25.9 Å². The second kappa shape index (κ2) is 6.69. The summed E-state index contributed by atoms with van der Waals surface area (Å²) in [7, 11) is 4.31. The maximum absolute atomic E-state index is 5.59. The summed E-state index contributed by atoms with van der Waals surface area (Å²) in [5.41, 5.74) is 0. The molecule has 0 radical (unpaired) electrons. The van der Waals surface area contributed by atoms with E-state index in [0.717, 1.165) is 38.6 Å². The Morgan fingerprint density at radius 2 is 1.94 bits per heavy atom. The van der Waals surface area contributed by atoms with Gasteiger partial charge in [-0.15, -0.1) is 0 Å². The predicted molar refractivity (Wildman–Crippen MR) is 68.1 cm³/mol. The van der Waals surface area contributed by atoms with Crippen LogP contribution in [0.4, 0.5) is 0 Å². The predicted octanol–water partition coefficient (Wildman–Crippen LogP) is 1.17. The number of rotatable bonds is 5. The zero-order valence-electron chi connectivity index (χ0n) is 11.2. The van der Waals surface area contributed by atoms with Crippen LogP contribution in [0.1, 0.15) is 25.7 Å². The Balaban J connectivity index is 1.69. The largest absolute Gasteiger partial charge is 0.353 e. The second-order valence-corrected chi connectivity index (χ2v) is 5.41. The van der Waals surface area contributed by atoms with Crippen molar-refractivity contribution in [3.05, 3.63) is 0 Å². The Hall–Kier alpha value is -0.160. The zero-order valence-corrected chi connectivity index (χ0v) is 11.2. The smallest absolute Gasteiger partial charge is 0.158 e. The average Bonchev–Trinajstić information content (AvgIpc) is 2.74. The van der Waals surface area contributed by atoms with Crippen LogP contribution in [0.5, 0.6) is 0 Å². The summed E-state index contributed by atoms with van der Waals surface area (Å²) < 4.78 is 11.2. The number of hydrogen-bond acceptors (Lipinski definition) is 4. The fraction of sp³-hybridized carbons (Fsp3) is 1.00. The van der Waals surface area contributed by atoms with E-state index in [1.54, 1.807) is 0 Å². The van der Waals surface area contributed by atoms with Gasteiger partial charge in [-0.3, -0.25) is 4.90 Å². The first-order valence-corrected chi connectivity index (χ1v) is 6.87. The summed E-state index contributed by atoms with van der Waals surface area (Å²) in [5.74, 6) is 0. The molecule has 4 nitrogen and oxygen atoms in total. The average molecular weight is 242 g/mol. The highest BCUT2D eigenvalue weighted by atomic mass is 16.7. The maximum atomic E-state index is 5.59. The standard InChI is InChI=1S/C13H26N2O2/c1-14(2)11-12-5-3-7-15(12)8-6-13-16-9-4-10-17-13/h12-13H,3-11H2,1-2H3. The highest BCUT2D eigenvalue weighted by Gasteiger charge is 2.25. The second-order valence-electron chi connectivity index (χ2n) is 5.41. The lowest BCUT2D eigenvalue weighted by molar-refractivity contribution is -0.182. The van der Waals surface area contributed by atoms with Crippen LogP contribution in [0.15, 0.2) is 0 Å². The molecule has 0 aromatic rings. The highest BCUT2D eigenvalue weighted by Crippen LogP contribution is 2.19. The van der Waals surface area contributed by atoms with Crippen molar-refractivity contribution in [2.24, 2.45) is 0 Å². The molecule has 1 unspecified atom stereocenters. The van der Waals surface area contributed by atoms with Gasteiger partial charge < -0.3 is 14.4 Å². The summed E-state index contributed by atoms with van der Waals surface area (Å²) in [6.07, 6.45) is 4.78. The molecule has 0 aliphatic carbocycles. The van der Waals surface area contributed by atoms with Gasteiger partial charge in [0, 0.05) is 25.6 Å². The Morgan fingerprint density at radius 3 is 2.65 bits per heavy atom. The van der Waals surface area contributed by atoms with Crippen molar-refractivity contribution in [2.45, 2.75) is 38.0 Å². The molecule has 0 aromatic carbocycles. The molecule has 2 aliphatic rings. The van der Waals surface area contributed by atoms with Gasteiger partial charge in [0.05, 0.1) is 13.2 Å². The lowest BCUT2D eigenvalue weighted by Gasteiger charge is -2.29. The van der Waals surface area contributed by atoms with Gasteiger partial charge in [0.15, 0.2) is 6.29 Å². The van der Waals surface area contributed by atoms with E-state index < -0.39 is 0 Å². The normalized spacial score (nSPS) is 28.1. The lowest BCUT2D eigenvalue weighted by atomic mass is 10.2. The van der Waals surface area contributed by atoms with Gasteiger partial charge in [-0.25, -0.2) is 0 Å². The molecule has 1 atom stereocenters. The third kappa shape index (κ3) is 4.21. The fourth-order valence-corrected chi connectivity index (χ4v) is 2.79. The summed E-state index contributed by atoms with van der Waals surface area (Å²) in [5, 5.41) is 0. The molecule has 4 heteroatoms. The molecule has 0 N–H and O–H groups in total. The van der Waals surface area contributed by atoms with E-state index in [9.17, 15) is 0 Å². The van der Waals surface area contributed by atoms with Crippen LogP contribution >= 0.6 is 0 Å². The molecule has 2 fully saturated rings. The quantitative estimate of drug-likeness (QED) is 0.722. The molecule has 2 heterocycles. The van der Waals surface area contributed by atoms with Gasteiger partial charge in [-0.1, -0.05) is 0 Å². The minimum absolute atomic E-state index is 0.0457. The molecule has 2 aliphatic heterocycles. The van der Waals surface area contributed by atoms with Crippen molar-refractivity contribution in [1.29, 1.82) is 0 Å². The molecule has 2 rings (SSSR count). The number of ether oxygens (including phenoxy) is 2. The first kappa shape index (κ1) is 13.3. The molecular formula is C13H26N2O2. The topological polar surface area (TPSA) is 24.9 Å². The summed E-state index contributed by atoms with van der Waals surface area (Å²) in [6.45, 7) is 5.26. The Kier molecular flexibility index (Phi) is 5.22. The van der Waals surface area contributed by atoms with Gasteiger partial charge in [-0.2, -0.15) is 0 Å². The third-order valence-electron chi connectivity index (χ3n) is 3.62. The van der Waals surface area contributed by atoms with Crippen LogP contribution in [0, 0.1) is 0 Å². The van der Waals surface area contributed by atoms with Crippen LogP contribution in [0.3, 0.4) is 0 Å². The van der Waals surface area contributed by atoms with Gasteiger partial charge in [0.1, 0.15) is 0 Å². The third-order valence-corrected chi connectivity index (χ3v) is 3.62. The Bertz CT molecular complexity index is 217. The van der Waals surface area contributed by atoms with Crippen molar-refractivity contribution >= 4 is 0 Å². The summed E-state index contributed by atoms with van der Waals surface area (Å²) in [6, 6.07) is 0.730. The number of nitrogens with zero attached hydrogens (tertiary/aromatic N) is 2. The van der Waals surface area contributed by atoms with Crippen molar-refractivity contribution in [2.75, 3.05) is 46.9 Å². The van der Waals surface area contributed by atoms with Crippen LogP contribution in [0.2, 0.25) is 0 Å². The van der Waals surface area contributed by atoms with E-state index in [-0.39, 0.29) is 6.29 Å². The maximum Gasteiger partial charge on any atom is 0.158 e. The molecule has 100 valence electrons. The molecule has 17 heavy (non-hydrogen) atoms. The highest BCUT2D eigenvalue weighted by molar-refractivity contribution is 4.81.